The van der Waals surface area contributed by atoms with Gasteiger partial charge in [-0.15, -0.1) is 0 Å². The van der Waals surface area contributed by atoms with Crippen molar-refractivity contribution in [2.45, 2.75) is 4.90 Å². The molecule has 0 aliphatic carbocycles. The molecule has 1 amide bonds. The number of hydrogen-bond donors (Lipinski definition) is 0. The van der Waals surface area contributed by atoms with Crippen molar-refractivity contribution in [2.75, 3.05) is 44.7 Å². The number of anilines is 1. The second-order valence-electron chi connectivity index (χ2n) is 6.64. The number of carbonyl (C=O) groups is 1. The minimum absolute atomic E-state index is 0.0737. The fourth-order valence-electron chi connectivity index (χ4n) is 3.10. The molecule has 3 aromatic heterocycles. The number of likely N-dealkylation sites (N-methyl/N-ethyl adjacent to an activating group) is 1. The number of carbonyl (C=O) groups excluding carboxylic acids is 1. The van der Waals surface area contributed by atoms with Crippen LogP contribution in [0.2, 0.25) is 0 Å². The molecule has 1 fully saturated rings. The summed E-state index contributed by atoms with van der Waals surface area (Å²) in [6.07, 6.45) is 4.53. The van der Waals surface area contributed by atoms with E-state index in [9.17, 15) is 13.2 Å². The fourth-order valence-corrected chi connectivity index (χ4v) is 5.14. The smallest absolute Gasteiger partial charge is 0.244 e. The van der Waals surface area contributed by atoms with Gasteiger partial charge in [0.15, 0.2) is 5.13 Å². The van der Waals surface area contributed by atoms with Crippen molar-refractivity contribution >= 4 is 42.7 Å². The summed E-state index contributed by atoms with van der Waals surface area (Å²) in [7, 11) is -2.34. The van der Waals surface area contributed by atoms with E-state index in [-0.39, 0.29) is 17.3 Å². The maximum absolute atomic E-state index is 12.6. The molecule has 0 radical (unpaired) electrons. The highest BCUT2D eigenvalue weighted by molar-refractivity contribution is 7.89. The minimum atomic E-state index is -3.74. The van der Waals surface area contributed by atoms with Crippen LogP contribution in [-0.2, 0) is 14.8 Å². The number of amides is 1. The van der Waals surface area contributed by atoms with Crippen LogP contribution in [0.1, 0.15) is 0 Å². The Morgan fingerprint density at radius 2 is 1.93 bits per heavy atom. The molecular weight excluding hydrogens is 412 g/mol. The third kappa shape index (κ3) is 4.07. The van der Waals surface area contributed by atoms with Crippen molar-refractivity contribution in [3.63, 3.8) is 0 Å². The Hall–Kier alpha value is -2.63. The molecule has 4 heterocycles. The largest absolute Gasteiger partial charge is 0.344 e. The normalized spacial score (nSPS) is 15.2. The molecular formula is C18H20N6O3S2. The molecule has 0 atom stereocenters. The van der Waals surface area contributed by atoms with E-state index in [1.54, 1.807) is 17.2 Å². The van der Waals surface area contributed by atoms with Gasteiger partial charge in [0.1, 0.15) is 15.2 Å². The number of piperazine rings is 1. The molecule has 0 aromatic carbocycles. The lowest BCUT2D eigenvalue weighted by atomic mass is 10.3. The third-order valence-electron chi connectivity index (χ3n) is 4.76. The van der Waals surface area contributed by atoms with Crippen molar-refractivity contribution < 1.29 is 13.2 Å². The molecule has 11 heteroatoms. The first-order chi connectivity index (χ1) is 13.9. The van der Waals surface area contributed by atoms with Crippen LogP contribution < -0.4 is 4.90 Å². The quantitative estimate of drug-likeness (QED) is 0.594. The third-order valence-corrected chi connectivity index (χ3v) is 7.59. The molecule has 4 rings (SSSR count). The van der Waals surface area contributed by atoms with E-state index >= 15 is 0 Å². The zero-order valence-electron chi connectivity index (χ0n) is 15.8. The van der Waals surface area contributed by atoms with E-state index in [0.717, 1.165) is 19.8 Å². The minimum Gasteiger partial charge on any atom is -0.344 e. The second-order valence-corrected chi connectivity index (χ2v) is 9.64. The van der Waals surface area contributed by atoms with Crippen LogP contribution in [0.15, 0.2) is 47.8 Å². The lowest BCUT2D eigenvalue weighted by Crippen LogP contribution is -2.51. The Bertz CT molecular complexity index is 1080. The van der Waals surface area contributed by atoms with Crippen LogP contribution in [0, 0.1) is 0 Å². The predicted octanol–water partition coefficient (Wildman–Crippen LogP) is 1.06. The second kappa shape index (κ2) is 8.01. The Labute approximate surface area is 172 Å². The zero-order chi connectivity index (χ0) is 20.4. The van der Waals surface area contributed by atoms with Gasteiger partial charge in [0.05, 0.1) is 6.54 Å². The van der Waals surface area contributed by atoms with Crippen LogP contribution in [-0.4, -0.2) is 78.3 Å². The van der Waals surface area contributed by atoms with E-state index < -0.39 is 10.0 Å². The van der Waals surface area contributed by atoms with E-state index in [1.165, 1.54) is 36.8 Å². The molecule has 1 saturated heterocycles. The van der Waals surface area contributed by atoms with Crippen molar-refractivity contribution in [3.8, 4) is 0 Å². The maximum Gasteiger partial charge on any atom is 0.244 e. The van der Waals surface area contributed by atoms with Gasteiger partial charge in [-0.05, 0) is 24.3 Å². The summed E-state index contributed by atoms with van der Waals surface area (Å²) in [5, 5.41) is 0.891. The van der Waals surface area contributed by atoms with Crippen LogP contribution in [0.3, 0.4) is 0 Å². The highest BCUT2D eigenvalue weighted by Gasteiger charge is 2.28. The number of sulfonamides is 1. The highest BCUT2D eigenvalue weighted by atomic mass is 32.2. The highest BCUT2D eigenvalue weighted by Crippen LogP contribution is 2.27. The monoisotopic (exact) mass is 432 g/mol. The standard InChI is InChI=1S/C18H20N6O3S2/c1-22(29(26,27)14-4-2-6-19-12-14)13-16(25)23-8-10-24(11-9-23)18-21-15-5-3-7-20-17(15)28-18/h2-7,12H,8-11,13H2,1H3. The molecule has 0 saturated carbocycles. The van der Waals surface area contributed by atoms with E-state index in [0.29, 0.717) is 26.2 Å². The summed E-state index contributed by atoms with van der Waals surface area (Å²) < 4.78 is 26.2. The van der Waals surface area contributed by atoms with Gasteiger partial charge in [0, 0.05) is 51.8 Å². The van der Waals surface area contributed by atoms with Gasteiger partial charge in [-0.3, -0.25) is 9.78 Å². The first-order valence-corrected chi connectivity index (χ1v) is 11.3. The number of thiazole rings is 1. The van der Waals surface area contributed by atoms with Crippen LogP contribution >= 0.6 is 11.3 Å². The predicted molar refractivity (Wildman–Crippen MR) is 110 cm³/mol. The van der Waals surface area contributed by atoms with Crippen molar-refractivity contribution in [3.05, 3.63) is 42.9 Å². The van der Waals surface area contributed by atoms with Gasteiger partial charge >= 0.3 is 0 Å². The maximum atomic E-state index is 12.6. The Morgan fingerprint density at radius 3 is 2.62 bits per heavy atom. The average molecular weight is 433 g/mol. The number of nitrogens with zero attached hydrogens (tertiary/aromatic N) is 6. The van der Waals surface area contributed by atoms with Gasteiger partial charge in [-0.2, -0.15) is 4.31 Å². The van der Waals surface area contributed by atoms with Gasteiger partial charge in [0.25, 0.3) is 0 Å². The van der Waals surface area contributed by atoms with Gasteiger partial charge in [0.2, 0.25) is 15.9 Å². The molecule has 0 unspecified atom stereocenters. The molecule has 0 spiro atoms. The molecule has 0 bridgehead atoms. The Kier molecular flexibility index (Phi) is 5.43. The SMILES string of the molecule is CN(CC(=O)N1CCN(c2nc3cccnc3s2)CC1)S(=O)(=O)c1cccnc1. The molecule has 0 N–H and O–H groups in total. The summed E-state index contributed by atoms with van der Waals surface area (Å²) >= 11 is 1.53. The van der Waals surface area contributed by atoms with Crippen LogP contribution in [0.5, 0.6) is 0 Å². The molecule has 29 heavy (non-hydrogen) atoms. The van der Waals surface area contributed by atoms with Crippen LogP contribution in [0.25, 0.3) is 10.3 Å². The number of hydrogen-bond acceptors (Lipinski definition) is 8. The first-order valence-electron chi connectivity index (χ1n) is 9.06. The topological polar surface area (TPSA) is 99.6 Å². The summed E-state index contributed by atoms with van der Waals surface area (Å²) in [5.41, 5.74) is 0.869. The molecule has 3 aromatic rings. The number of rotatable bonds is 5. The summed E-state index contributed by atoms with van der Waals surface area (Å²) in [6, 6.07) is 6.81. The number of fused-ring (bicyclic) bond motifs is 1. The van der Waals surface area contributed by atoms with Crippen LogP contribution in [0.4, 0.5) is 5.13 Å². The molecule has 152 valence electrons. The summed E-state index contributed by atoms with van der Waals surface area (Å²) in [6.45, 7) is 2.11. The number of aromatic nitrogens is 3. The van der Waals surface area contributed by atoms with E-state index in [1.807, 2.05) is 12.1 Å². The molecule has 1 aliphatic heterocycles. The summed E-state index contributed by atoms with van der Waals surface area (Å²) in [4.78, 5) is 30.2. The average Bonchev–Trinajstić information content (AvgIpc) is 3.18. The first kappa shape index (κ1) is 19.7. The van der Waals surface area contributed by atoms with Gasteiger partial charge in [-0.1, -0.05) is 11.3 Å². The molecule has 1 aliphatic rings. The lowest BCUT2D eigenvalue weighted by molar-refractivity contribution is -0.131. The van der Waals surface area contributed by atoms with E-state index in [4.69, 9.17) is 0 Å². The zero-order valence-corrected chi connectivity index (χ0v) is 17.4. The Morgan fingerprint density at radius 1 is 1.17 bits per heavy atom. The molecule has 9 nitrogen and oxygen atoms in total. The fraction of sp³-hybridized carbons (Fsp3) is 0.333. The van der Waals surface area contributed by atoms with Crippen molar-refractivity contribution in [2.24, 2.45) is 0 Å². The van der Waals surface area contributed by atoms with Gasteiger partial charge < -0.3 is 9.80 Å². The Balaban J connectivity index is 1.36. The van der Waals surface area contributed by atoms with Crippen molar-refractivity contribution in [1.29, 1.82) is 0 Å². The van der Waals surface area contributed by atoms with E-state index in [2.05, 4.69) is 19.9 Å². The summed E-state index contributed by atoms with van der Waals surface area (Å²) in [5.74, 6) is -0.217. The number of pyridine rings is 2. The lowest BCUT2D eigenvalue weighted by Gasteiger charge is -2.35. The van der Waals surface area contributed by atoms with Gasteiger partial charge in [-0.25, -0.2) is 18.4 Å². The van der Waals surface area contributed by atoms with Crippen molar-refractivity contribution in [1.82, 2.24) is 24.2 Å².